The molecule has 21 heavy (non-hydrogen) atoms. The Morgan fingerprint density at radius 1 is 1.00 bits per heavy atom. The molecule has 0 aromatic heterocycles. The van der Waals surface area contributed by atoms with Crippen molar-refractivity contribution in [2.24, 2.45) is 5.41 Å². The molecule has 5 nitrogen and oxygen atoms in total. The zero-order valence-corrected chi connectivity index (χ0v) is 12.8. The van der Waals surface area contributed by atoms with E-state index in [1.165, 1.54) is 6.07 Å². The molecule has 2 rings (SSSR count). The topological polar surface area (TPSA) is 60.9 Å². The van der Waals surface area contributed by atoms with E-state index in [1.807, 2.05) is 20.8 Å². The van der Waals surface area contributed by atoms with Crippen molar-refractivity contribution in [2.45, 2.75) is 20.8 Å². The first-order valence-electron chi connectivity index (χ1n) is 7.17. The van der Waals surface area contributed by atoms with Crippen LogP contribution in [0, 0.1) is 5.41 Å². The van der Waals surface area contributed by atoms with E-state index in [0.717, 1.165) is 0 Å². The monoisotopic (exact) mass is 290 g/mol. The third-order valence-electron chi connectivity index (χ3n) is 3.63. The number of rotatable bonds is 1. The molecule has 0 spiro atoms. The molecule has 1 saturated heterocycles. The molecule has 0 saturated carbocycles. The Labute approximate surface area is 125 Å². The van der Waals surface area contributed by atoms with Gasteiger partial charge in [0.1, 0.15) is 5.75 Å². The summed E-state index contributed by atoms with van der Waals surface area (Å²) in [5.41, 5.74) is -0.0859. The molecule has 0 radical (unpaired) electrons. The van der Waals surface area contributed by atoms with E-state index in [0.29, 0.717) is 31.7 Å². The number of aromatic hydroxyl groups is 1. The van der Waals surface area contributed by atoms with Crippen LogP contribution in [0.3, 0.4) is 0 Å². The lowest BCUT2D eigenvalue weighted by Crippen LogP contribution is -2.53. The van der Waals surface area contributed by atoms with Crippen LogP contribution in [0.1, 0.15) is 31.1 Å². The Hall–Kier alpha value is -2.04. The highest BCUT2D eigenvalue weighted by molar-refractivity contribution is 5.97. The number of phenols is 1. The van der Waals surface area contributed by atoms with Gasteiger partial charge in [-0.05, 0) is 12.1 Å². The molecular formula is C16H22N2O3. The number of piperazine rings is 1. The fourth-order valence-corrected chi connectivity index (χ4v) is 2.41. The standard InChI is InChI=1S/C16H22N2O3/c1-16(2,3)15(21)18-10-8-17(9-11-18)14(20)12-6-4-5-7-13(12)19/h4-7,19H,8-11H2,1-3H3. The van der Waals surface area contributed by atoms with Gasteiger partial charge in [0, 0.05) is 31.6 Å². The Kier molecular flexibility index (Phi) is 4.21. The SMILES string of the molecule is CC(C)(C)C(=O)N1CCN(C(=O)c2ccccc2O)CC1. The van der Waals surface area contributed by atoms with Crippen molar-refractivity contribution in [3.8, 4) is 5.75 Å². The zero-order chi connectivity index (χ0) is 15.6. The summed E-state index contributed by atoms with van der Waals surface area (Å²) in [6, 6.07) is 6.54. The molecule has 1 aromatic rings. The van der Waals surface area contributed by atoms with Gasteiger partial charge in [0.15, 0.2) is 0 Å². The molecule has 0 atom stereocenters. The molecular weight excluding hydrogens is 268 g/mol. The lowest BCUT2D eigenvalue weighted by molar-refractivity contribution is -0.140. The van der Waals surface area contributed by atoms with Gasteiger partial charge >= 0.3 is 0 Å². The maximum atomic E-state index is 12.4. The number of nitrogens with zero attached hydrogens (tertiary/aromatic N) is 2. The fraction of sp³-hybridized carbons (Fsp3) is 0.500. The largest absolute Gasteiger partial charge is 0.507 e. The van der Waals surface area contributed by atoms with E-state index in [-0.39, 0.29) is 17.6 Å². The van der Waals surface area contributed by atoms with Gasteiger partial charge in [0.05, 0.1) is 5.56 Å². The average Bonchev–Trinajstić information content (AvgIpc) is 2.45. The molecule has 1 N–H and O–H groups in total. The summed E-state index contributed by atoms with van der Waals surface area (Å²) in [4.78, 5) is 28.0. The predicted molar refractivity (Wildman–Crippen MR) is 80.0 cm³/mol. The summed E-state index contributed by atoms with van der Waals surface area (Å²) in [6.07, 6.45) is 0. The highest BCUT2D eigenvalue weighted by Gasteiger charge is 2.31. The smallest absolute Gasteiger partial charge is 0.257 e. The highest BCUT2D eigenvalue weighted by atomic mass is 16.3. The number of hydrogen-bond acceptors (Lipinski definition) is 3. The third-order valence-corrected chi connectivity index (χ3v) is 3.63. The molecule has 114 valence electrons. The predicted octanol–water partition coefficient (Wildman–Crippen LogP) is 1.72. The van der Waals surface area contributed by atoms with Crippen LogP contribution < -0.4 is 0 Å². The Balaban J connectivity index is 2.00. The van der Waals surface area contributed by atoms with Crippen LogP contribution in [-0.4, -0.2) is 52.9 Å². The zero-order valence-electron chi connectivity index (χ0n) is 12.8. The molecule has 5 heteroatoms. The minimum absolute atomic E-state index is 0.00398. The normalized spacial score (nSPS) is 16.0. The quantitative estimate of drug-likeness (QED) is 0.856. The molecule has 1 aliphatic heterocycles. The average molecular weight is 290 g/mol. The van der Waals surface area contributed by atoms with Crippen LogP contribution in [0.4, 0.5) is 0 Å². The second-order valence-electron chi connectivity index (χ2n) is 6.35. The summed E-state index contributed by atoms with van der Waals surface area (Å²) < 4.78 is 0. The number of carbonyl (C=O) groups excluding carboxylic acids is 2. The van der Waals surface area contributed by atoms with Crippen LogP contribution in [0.5, 0.6) is 5.75 Å². The second-order valence-corrected chi connectivity index (χ2v) is 6.35. The van der Waals surface area contributed by atoms with E-state index in [2.05, 4.69) is 0 Å². The first kappa shape index (κ1) is 15.4. The molecule has 2 amide bonds. The Morgan fingerprint density at radius 2 is 1.52 bits per heavy atom. The summed E-state index contributed by atoms with van der Waals surface area (Å²) in [6.45, 7) is 7.76. The van der Waals surface area contributed by atoms with Gasteiger partial charge in [-0.1, -0.05) is 32.9 Å². The minimum atomic E-state index is -0.399. The number of benzene rings is 1. The Morgan fingerprint density at radius 3 is 2.05 bits per heavy atom. The van der Waals surface area contributed by atoms with E-state index < -0.39 is 5.41 Å². The van der Waals surface area contributed by atoms with Gasteiger partial charge in [-0.15, -0.1) is 0 Å². The molecule has 1 aromatic carbocycles. The lowest BCUT2D eigenvalue weighted by Gasteiger charge is -2.37. The summed E-state index contributed by atoms with van der Waals surface area (Å²) in [7, 11) is 0. The van der Waals surface area contributed by atoms with Crippen molar-refractivity contribution < 1.29 is 14.7 Å². The summed E-state index contributed by atoms with van der Waals surface area (Å²) in [5.74, 6) is -0.0798. The lowest BCUT2D eigenvalue weighted by atomic mass is 9.94. The van der Waals surface area contributed by atoms with Crippen molar-refractivity contribution in [3.63, 3.8) is 0 Å². The fourth-order valence-electron chi connectivity index (χ4n) is 2.41. The highest BCUT2D eigenvalue weighted by Crippen LogP contribution is 2.21. The first-order chi connectivity index (χ1) is 9.80. The van der Waals surface area contributed by atoms with E-state index in [1.54, 1.807) is 28.0 Å². The second kappa shape index (κ2) is 5.76. The summed E-state index contributed by atoms with van der Waals surface area (Å²) in [5, 5.41) is 9.75. The van der Waals surface area contributed by atoms with Gasteiger partial charge in [0.2, 0.25) is 5.91 Å². The third kappa shape index (κ3) is 3.35. The van der Waals surface area contributed by atoms with Crippen LogP contribution in [0.2, 0.25) is 0 Å². The van der Waals surface area contributed by atoms with E-state index in [9.17, 15) is 14.7 Å². The molecule has 1 heterocycles. The molecule has 1 aliphatic rings. The van der Waals surface area contributed by atoms with Gasteiger partial charge in [-0.25, -0.2) is 0 Å². The van der Waals surface area contributed by atoms with Crippen LogP contribution in [0.25, 0.3) is 0 Å². The number of phenolic OH excluding ortho intramolecular Hbond substituents is 1. The van der Waals surface area contributed by atoms with Crippen molar-refractivity contribution in [2.75, 3.05) is 26.2 Å². The van der Waals surface area contributed by atoms with Crippen molar-refractivity contribution in [1.29, 1.82) is 0 Å². The van der Waals surface area contributed by atoms with Crippen molar-refractivity contribution in [1.82, 2.24) is 9.80 Å². The summed E-state index contributed by atoms with van der Waals surface area (Å²) >= 11 is 0. The number of para-hydroxylation sites is 1. The maximum Gasteiger partial charge on any atom is 0.257 e. The number of amides is 2. The number of hydrogen-bond donors (Lipinski definition) is 1. The van der Waals surface area contributed by atoms with Crippen molar-refractivity contribution >= 4 is 11.8 Å². The van der Waals surface area contributed by atoms with E-state index in [4.69, 9.17) is 0 Å². The van der Waals surface area contributed by atoms with Crippen LogP contribution in [-0.2, 0) is 4.79 Å². The van der Waals surface area contributed by atoms with E-state index >= 15 is 0 Å². The Bertz CT molecular complexity index is 541. The maximum absolute atomic E-state index is 12.4. The van der Waals surface area contributed by atoms with Gasteiger partial charge in [-0.2, -0.15) is 0 Å². The van der Waals surface area contributed by atoms with Crippen LogP contribution >= 0.6 is 0 Å². The van der Waals surface area contributed by atoms with Crippen molar-refractivity contribution in [3.05, 3.63) is 29.8 Å². The van der Waals surface area contributed by atoms with Gasteiger partial charge in [0.25, 0.3) is 5.91 Å². The van der Waals surface area contributed by atoms with Crippen LogP contribution in [0.15, 0.2) is 24.3 Å². The van der Waals surface area contributed by atoms with Gasteiger partial charge < -0.3 is 14.9 Å². The molecule has 0 bridgehead atoms. The molecule has 0 aliphatic carbocycles. The molecule has 0 unspecified atom stereocenters. The first-order valence-corrected chi connectivity index (χ1v) is 7.17. The van der Waals surface area contributed by atoms with Gasteiger partial charge in [-0.3, -0.25) is 9.59 Å². The molecule has 1 fully saturated rings. The number of carbonyl (C=O) groups is 2. The minimum Gasteiger partial charge on any atom is -0.507 e.